The number of ether oxygens (including phenoxy) is 4. The van der Waals surface area contributed by atoms with Crippen LogP contribution >= 0.6 is 0 Å². The molecular weight excluding hydrogens is 786 g/mol. The van der Waals surface area contributed by atoms with Crippen molar-refractivity contribution in [2.75, 3.05) is 40.6 Å². The summed E-state index contributed by atoms with van der Waals surface area (Å²) in [6.07, 6.45) is -9.33. The van der Waals surface area contributed by atoms with Crippen molar-refractivity contribution < 1.29 is 68.8 Å². The van der Waals surface area contributed by atoms with E-state index >= 15 is 0 Å². The van der Waals surface area contributed by atoms with E-state index in [0.29, 0.717) is 0 Å². The highest BCUT2D eigenvalue weighted by atomic mass is 19.4. The maximum absolute atomic E-state index is 14.5. The molecule has 18 heteroatoms. The summed E-state index contributed by atoms with van der Waals surface area (Å²) in [5.74, 6) is -2.97. The van der Waals surface area contributed by atoms with Gasteiger partial charge in [0, 0.05) is 25.3 Å². The molecule has 0 spiro atoms. The summed E-state index contributed by atoms with van der Waals surface area (Å²) in [6, 6.07) is 17.6. The first-order valence-electron chi connectivity index (χ1n) is 17.1. The van der Waals surface area contributed by atoms with Gasteiger partial charge in [0.15, 0.2) is 0 Å². The molecule has 10 nitrogen and oxygen atoms in total. The van der Waals surface area contributed by atoms with Gasteiger partial charge in [0.05, 0.1) is 37.5 Å². The van der Waals surface area contributed by atoms with Gasteiger partial charge in [-0.1, -0.05) is 12.1 Å². The number of hydrogen-bond acceptors (Lipinski definition) is 9. The van der Waals surface area contributed by atoms with Gasteiger partial charge < -0.3 is 24.1 Å². The molecule has 0 saturated carbocycles. The summed E-state index contributed by atoms with van der Waals surface area (Å²) in [6.45, 7) is -0.452. The van der Waals surface area contributed by atoms with E-state index in [0.717, 1.165) is 53.4 Å². The zero-order valence-corrected chi connectivity index (χ0v) is 30.6. The normalized spacial score (nSPS) is 12.6. The van der Waals surface area contributed by atoms with Crippen molar-refractivity contribution in [1.29, 1.82) is 0 Å². The summed E-state index contributed by atoms with van der Waals surface area (Å²) in [5, 5.41) is 9.15. The van der Waals surface area contributed by atoms with E-state index in [1.165, 1.54) is 38.5 Å². The summed E-state index contributed by atoms with van der Waals surface area (Å²) in [7, 11) is 2.83. The van der Waals surface area contributed by atoms with Gasteiger partial charge in [-0.05, 0) is 95.1 Å². The molecule has 0 radical (unpaired) electrons. The van der Waals surface area contributed by atoms with Crippen molar-refractivity contribution in [2.45, 2.75) is 25.5 Å². The molecule has 0 atom stereocenters. The molecule has 1 aliphatic rings. The number of methoxy groups -OCH3 is 2. The molecule has 0 saturated heterocycles. The maximum Gasteiger partial charge on any atom is 0.433 e. The van der Waals surface area contributed by atoms with E-state index in [2.05, 4.69) is 9.97 Å². The number of pyridine rings is 2. The lowest BCUT2D eigenvalue weighted by atomic mass is 10.0. The molecule has 3 heterocycles. The Balaban J connectivity index is 0.000000235. The molecule has 0 aliphatic carbocycles. The van der Waals surface area contributed by atoms with E-state index in [-0.39, 0.29) is 89.2 Å². The fourth-order valence-electron chi connectivity index (χ4n) is 5.66. The standard InChI is InChI=1S/C24H18F4N2O4.C16H15F4NO3/c1-33-8-9-34-21-17(6-7-20(29-21)24(26,27)28)15-10-14(11-16(25)12-15)13-30-22(31)18-4-2-3-5-19(18)23(30)32;1-23-4-5-24-15-13(2-3-14(21-15)16(18,19)20)11-6-10(9-22)7-12(17)8-11/h2-7,10-12H,8-9,13H2,1H3;2-3,6-8,22H,4-5,9H2,1H3. The molecular formula is C40H33F8N3O7. The number of carbonyl (C=O) groups is 2. The molecule has 2 amide bonds. The lowest BCUT2D eigenvalue weighted by Crippen LogP contribution is -2.29. The highest BCUT2D eigenvalue weighted by molar-refractivity contribution is 6.21. The number of nitrogens with zero attached hydrogens (tertiary/aromatic N) is 3. The number of hydrogen-bond donors (Lipinski definition) is 1. The number of aliphatic hydroxyl groups is 1. The number of aliphatic hydroxyl groups excluding tert-OH is 1. The van der Waals surface area contributed by atoms with Gasteiger partial charge in [-0.3, -0.25) is 14.5 Å². The number of aromatic nitrogens is 2. The molecule has 6 rings (SSSR count). The van der Waals surface area contributed by atoms with E-state index in [4.69, 9.17) is 24.1 Å². The van der Waals surface area contributed by atoms with Crippen LogP contribution in [0.1, 0.15) is 43.2 Å². The van der Waals surface area contributed by atoms with Crippen LogP contribution in [0.25, 0.3) is 22.3 Å². The molecule has 1 aliphatic heterocycles. The average molecular weight is 820 g/mol. The second-order valence-electron chi connectivity index (χ2n) is 12.4. The van der Waals surface area contributed by atoms with E-state index in [9.17, 15) is 44.7 Å². The van der Waals surface area contributed by atoms with Crippen LogP contribution in [0.4, 0.5) is 35.1 Å². The molecule has 5 aromatic rings. The Hall–Kier alpha value is -5.98. The minimum absolute atomic E-state index is 0.0139. The smallest absolute Gasteiger partial charge is 0.433 e. The van der Waals surface area contributed by atoms with Crippen LogP contribution in [0, 0.1) is 11.6 Å². The number of rotatable bonds is 13. The molecule has 0 unspecified atom stereocenters. The average Bonchev–Trinajstić information content (AvgIpc) is 3.41. The zero-order chi connectivity index (χ0) is 42.2. The first kappa shape index (κ1) is 43.1. The molecule has 2 aromatic heterocycles. The Labute approximate surface area is 325 Å². The van der Waals surface area contributed by atoms with Gasteiger partial charge in [0.25, 0.3) is 11.8 Å². The van der Waals surface area contributed by atoms with Crippen molar-refractivity contribution in [3.8, 4) is 34.0 Å². The number of benzene rings is 3. The highest BCUT2D eigenvalue weighted by Crippen LogP contribution is 2.37. The number of halogens is 8. The Kier molecular flexibility index (Phi) is 13.8. The Morgan fingerprint density at radius 1 is 0.586 bits per heavy atom. The predicted molar refractivity (Wildman–Crippen MR) is 191 cm³/mol. The molecule has 306 valence electrons. The van der Waals surface area contributed by atoms with Crippen LogP contribution < -0.4 is 9.47 Å². The number of amides is 2. The van der Waals surface area contributed by atoms with Crippen molar-refractivity contribution >= 4 is 11.8 Å². The van der Waals surface area contributed by atoms with Gasteiger partial charge in [-0.15, -0.1) is 0 Å². The topological polar surface area (TPSA) is 120 Å². The second kappa shape index (κ2) is 18.5. The summed E-state index contributed by atoms with van der Waals surface area (Å²) in [4.78, 5) is 33.3. The van der Waals surface area contributed by atoms with Crippen LogP contribution in [0.2, 0.25) is 0 Å². The van der Waals surface area contributed by atoms with Gasteiger partial charge in [0.1, 0.15) is 36.2 Å². The van der Waals surface area contributed by atoms with Crippen molar-refractivity contribution in [1.82, 2.24) is 14.9 Å². The minimum atomic E-state index is -4.70. The third kappa shape index (κ3) is 10.5. The van der Waals surface area contributed by atoms with Crippen molar-refractivity contribution in [2.24, 2.45) is 0 Å². The number of alkyl halides is 6. The van der Waals surface area contributed by atoms with E-state index in [1.807, 2.05) is 0 Å². The van der Waals surface area contributed by atoms with Crippen LogP contribution in [-0.4, -0.2) is 72.4 Å². The monoisotopic (exact) mass is 819 g/mol. The van der Waals surface area contributed by atoms with Gasteiger partial charge in [-0.2, -0.15) is 26.3 Å². The van der Waals surface area contributed by atoms with Crippen molar-refractivity contribution in [3.05, 3.63) is 130 Å². The summed E-state index contributed by atoms with van der Waals surface area (Å²) >= 11 is 0. The van der Waals surface area contributed by atoms with Crippen LogP contribution in [0.15, 0.2) is 84.9 Å². The minimum Gasteiger partial charge on any atom is -0.475 e. The Morgan fingerprint density at radius 2 is 1.02 bits per heavy atom. The molecule has 0 bridgehead atoms. The Morgan fingerprint density at radius 3 is 1.43 bits per heavy atom. The third-order valence-corrected chi connectivity index (χ3v) is 8.29. The lowest BCUT2D eigenvalue weighted by Gasteiger charge is -2.16. The fourth-order valence-corrected chi connectivity index (χ4v) is 5.66. The van der Waals surface area contributed by atoms with Gasteiger partial charge in [0.2, 0.25) is 11.8 Å². The number of carbonyl (C=O) groups excluding carboxylic acids is 2. The largest absolute Gasteiger partial charge is 0.475 e. The number of fused-ring (bicyclic) bond motifs is 1. The van der Waals surface area contributed by atoms with Gasteiger partial charge in [-0.25, -0.2) is 18.7 Å². The molecule has 58 heavy (non-hydrogen) atoms. The van der Waals surface area contributed by atoms with Crippen LogP contribution in [0.5, 0.6) is 11.8 Å². The SMILES string of the molecule is COCCOc1nc(C(F)(F)F)ccc1-c1cc(F)cc(CN2C(=O)c3ccccc3C2=O)c1.COCCOc1nc(C(F)(F)F)ccc1-c1cc(F)cc(CO)c1. The number of imide groups is 1. The fraction of sp³-hybridized carbons (Fsp3) is 0.250. The molecule has 3 aromatic carbocycles. The van der Waals surface area contributed by atoms with E-state index in [1.54, 1.807) is 12.1 Å². The first-order valence-corrected chi connectivity index (χ1v) is 17.1. The van der Waals surface area contributed by atoms with Gasteiger partial charge >= 0.3 is 12.4 Å². The maximum atomic E-state index is 14.5. The Bertz CT molecular complexity index is 2230. The first-order chi connectivity index (χ1) is 27.5. The highest BCUT2D eigenvalue weighted by Gasteiger charge is 2.36. The predicted octanol–water partition coefficient (Wildman–Crippen LogP) is 8.15. The summed E-state index contributed by atoms with van der Waals surface area (Å²) in [5.41, 5.74) is -0.466. The quantitative estimate of drug-likeness (QED) is 0.0713. The van der Waals surface area contributed by atoms with Crippen LogP contribution in [0.3, 0.4) is 0 Å². The molecule has 1 N–H and O–H groups in total. The lowest BCUT2D eigenvalue weighted by molar-refractivity contribution is -0.142. The zero-order valence-electron chi connectivity index (χ0n) is 30.6. The second-order valence-corrected chi connectivity index (χ2v) is 12.4. The molecule has 0 fully saturated rings. The van der Waals surface area contributed by atoms with Crippen molar-refractivity contribution in [3.63, 3.8) is 0 Å². The van der Waals surface area contributed by atoms with E-state index < -0.39 is 53.8 Å². The van der Waals surface area contributed by atoms with Crippen LogP contribution in [-0.2, 0) is 35.0 Å². The third-order valence-electron chi connectivity index (χ3n) is 8.29. The summed E-state index contributed by atoms with van der Waals surface area (Å²) < 4.78 is 126.